The van der Waals surface area contributed by atoms with Crippen LogP contribution in [0.3, 0.4) is 0 Å². The molecular weight excluding hydrogens is 306 g/mol. The van der Waals surface area contributed by atoms with Crippen molar-refractivity contribution in [3.63, 3.8) is 0 Å². The lowest BCUT2D eigenvalue weighted by molar-refractivity contribution is -0.272. The highest BCUT2D eigenvalue weighted by Gasteiger charge is 2.54. The fraction of sp³-hybridized carbons (Fsp3) is 0.500. The minimum atomic E-state index is -4.72. The molecule has 1 aliphatic rings. The minimum Gasteiger partial charge on any atom is -0.481 e. The molecule has 1 N–H and O–H groups in total. The lowest BCUT2D eigenvalue weighted by atomic mass is 9.91. The quantitative estimate of drug-likeness (QED) is 0.868. The molecule has 1 aromatic rings. The molecule has 1 amide bonds. The van der Waals surface area contributed by atoms with Crippen molar-refractivity contribution in [2.75, 3.05) is 19.7 Å². The molecule has 0 spiro atoms. The van der Waals surface area contributed by atoms with Gasteiger partial charge in [0.05, 0.1) is 0 Å². The highest BCUT2D eigenvalue weighted by atomic mass is 19.4. The standard InChI is InChI=1S/C14H15F4NO3/c15-10-3-1-2-4-11(10)22-9-12(20)19-7-5-13(21,6-8-19)14(16,17)18/h1-4,21H,5-9H2. The molecule has 1 saturated heterocycles. The minimum absolute atomic E-state index is 0.0975. The molecule has 0 radical (unpaired) electrons. The van der Waals surface area contributed by atoms with E-state index < -0.39 is 43.0 Å². The number of ether oxygens (including phenoxy) is 1. The molecule has 0 atom stereocenters. The van der Waals surface area contributed by atoms with E-state index in [2.05, 4.69) is 0 Å². The smallest absolute Gasteiger partial charge is 0.417 e. The zero-order valence-corrected chi connectivity index (χ0v) is 11.6. The van der Waals surface area contributed by atoms with Crippen molar-refractivity contribution < 1.29 is 32.2 Å². The Morgan fingerprint density at radius 1 is 1.27 bits per heavy atom. The summed E-state index contributed by atoms with van der Waals surface area (Å²) in [6.07, 6.45) is -5.88. The summed E-state index contributed by atoms with van der Waals surface area (Å²) in [5.74, 6) is -1.27. The average molecular weight is 321 g/mol. The van der Waals surface area contributed by atoms with Crippen LogP contribution in [0.5, 0.6) is 5.75 Å². The van der Waals surface area contributed by atoms with Gasteiger partial charge >= 0.3 is 6.18 Å². The van der Waals surface area contributed by atoms with Crippen molar-refractivity contribution in [1.82, 2.24) is 4.90 Å². The molecule has 0 saturated carbocycles. The second kappa shape index (κ2) is 6.12. The van der Waals surface area contributed by atoms with Crippen molar-refractivity contribution in [2.45, 2.75) is 24.6 Å². The van der Waals surface area contributed by atoms with Crippen LogP contribution in [0.1, 0.15) is 12.8 Å². The highest BCUT2D eigenvalue weighted by Crippen LogP contribution is 2.38. The van der Waals surface area contributed by atoms with E-state index in [1.165, 1.54) is 29.2 Å². The van der Waals surface area contributed by atoms with Crippen molar-refractivity contribution in [3.8, 4) is 5.75 Å². The number of hydrogen-bond donors (Lipinski definition) is 1. The molecule has 22 heavy (non-hydrogen) atoms. The van der Waals surface area contributed by atoms with Crippen LogP contribution in [0, 0.1) is 5.82 Å². The van der Waals surface area contributed by atoms with Gasteiger partial charge in [0.25, 0.3) is 5.91 Å². The van der Waals surface area contributed by atoms with Gasteiger partial charge in [0.2, 0.25) is 0 Å². The second-order valence-corrected chi connectivity index (χ2v) is 5.13. The molecule has 1 heterocycles. The molecule has 0 aromatic heterocycles. The summed E-state index contributed by atoms with van der Waals surface area (Å²) in [6, 6.07) is 5.52. The van der Waals surface area contributed by atoms with E-state index in [0.29, 0.717) is 0 Å². The summed E-state index contributed by atoms with van der Waals surface area (Å²) < 4.78 is 56.3. The molecular formula is C14H15F4NO3. The Morgan fingerprint density at radius 2 is 1.86 bits per heavy atom. The van der Waals surface area contributed by atoms with Crippen LogP contribution in [0.2, 0.25) is 0 Å². The Labute approximate surface area is 124 Å². The Hall–Kier alpha value is -1.83. The van der Waals surface area contributed by atoms with Gasteiger partial charge in [-0.15, -0.1) is 0 Å². The number of benzene rings is 1. The fourth-order valence-corrected chi connectivity index (χ4v) is 2.20. The van der Waals surface area contributed by atoms with E-state index in [0.717, 1.165) is 0 Å². The van der Waals surface area contributed by atoms with Gasteiger partial charge in [0.15, 0.2) is 23.8 Å². The van der Waals surface area contributed by atoms with Crippen LogP contribution >= 0.6 is 0 Å². The maximum absolute atomic E-state index is 13.3. The average Bonchev–Trinajstić information content (AvgIpc) is 2.46. The number of halogens is 4. The number of para-hydroxylation sites is 1. The summed E-state index contributed by atoms with van der Waals surface area (Å²) >= 11 is 0. The van der Waals surface area contributed by atoms with Gasteiger partial charge in [0, 0.05) is 25.9 Å². The number of aliphatic hydroxyl groups is 1. The van der Waals surface area contributed by atoms with Crippen LogP contribution in [-0.2, 0) is 4.79 Å². The van der Waals surface area contributed by atoms with Crippen LogP contribution < -0.4 is 4.74 Å². The van der Waals surface area contributed by atoms with Crippen molar-refractivity contribution in [3.05, 3.63) is 30.1 Å². The molecule has 8 heteroatoms. The largest absolute Gasteiger partial charge is 0.481 e. The van der Waals surface area contributed by atoms with Crippen molar-refractivity contribution in [1.29, 1.82) is 0 Å². The molecule has 1 aromatic carbocycles. The lowest BCUT2D eigenvalue weighted by Crippen LogP contribution is -2.54. The normalized spacial score (nSPS) is 18.1. The van der Waals surface area contributed by atoms with Gasteiger partial charge in [-0.05, 0) is 12.1 Å². The number of carbonyl (C=O) groups excluding carboxylic acids is 1. The number of piperidine rings is 1. The molecule has 0 bridgehead atoms. The Balaban J connectivity index is 1.87. The van der Waals surface area contributed by atoms with Crippen LogP contribution in [-0.4, -0.2) is 47.4 Å². The van der Waals surface area contributed by atoms with Gasteiger partial charge in [-0.1, -0.05) is 12.1 Å². The third-order valence-electron chi connectivity index (χ3n) is 3.66. The topological polar surface area (TPSA) is 49.8 Å². The maximum Gasteiger partial charge on any atom is 0.417 e. The van der Waals surface area contributed by atoms with E-state index in [-0.39, 0.29) is 18.8 Å². The number of hydrogen-bond acceptors (Lipinski definition) is 3. The zero-order valence-electron chi connectivity index (χ0n) is 11.6. The number of alkyl halides is 3. The second-order valence-electron chi connectivity index (χ2n) is 5.13. The number of nitrogens with zero attached hydrogens (tertiary/aromatic N) is 1. The Bertz CT molecular complexity index is 539. The predicted molar refractivity (Wildman–Crippen MR) is 68.7 cm³/mol. The van der Waals surface area contributed by atoms with Crippen molar-refractivity contribution in [2.24, 2.45) is 0 Å². The molecule has 122 valence electrons. The first-order chi connectivity index (χ1) is 10.2. The Morgan fingerprint density at radius 3 is 2.41 bits per heavy atom. The fourth-order valence-electron chi connectivity index (χ4n) is 2.20. The van der Waals surface area contributed by atoms with Gasteiger partial charge in [-0.25, -0.2) is 4.39 Å². The number of amides is 1. The van der Waals surface area contributed by atoms with E-state index >= 15 is 0 Å². The SMILES string of the molecule is O=C(COc1ccccc1F)N1CCC(O)(C(F)(F)F)CC1. The van der Waals surface area contributed by atoms with Gasteiger partial charge in [-0.3, -0.25) is 4.79 Å². The maximum atomic E-state index is 13.3. The summed E-state index contributed by atoms with van der Waals surface area (Å²) in [6.45, 7) is -0.920. The summed E-state index contributed by atoms with van der Waals surface area (Å²) in [5.41, 5.74) is -2.75. The Kier molecular flexibility index (Phi) is 4.60. The van der Waals surface area contributed by atoms with Gasteiger partial charge in [-0.2, -0.15) is 13.2 Å². The molecule has 1 fully saturated rings. The summed E-state index contributed by atoms with van der Waals surface area (Å²) in [5, 5.41) is 9.51. The first kappa shape index (κ1) is 16.5. The molecule has 0 aliphatic carbocycles. The predicted octanol–water partition coefficient (Wildman–Crippen LogP) is 2.12. The third-order valence-corrected chi connectivity index (χ3v) is 3.66. The first-order valence-electron chi connectivity index (χ1n) is 6.67. The van der Waals surface area contributed by atoms with E-state index in [1.807, 2.05) is 0 Å². The molecule has 2 rings (SSSR count). The van der Waals surface area contributed by atoms with Gasteiger partial charge in [0.1, 0.15) is 0 Å². The lowest BCUT2D eigenvalue weighted by Gasteiger charge is -2.39. The van der Waals surface area contributed by atoms with Crippen molar-refractivity contribution >= 4 is 5.91 Å². The molecule has 0 unspecified atom stereocenters. The number of rotatable bonds is 3. The van der Waals surface area contributed by atoms with E-state index in [1.54, 1.807) is 0 Å². The third kappa shape index (κ3) is 3.49. The monoisotopic (exact) mass is 321 g/mol. The molecule has 1 aliphatic heterocycles. The number of carbonyl (C=O) groups is 1. The first-order valence-corrected chi connectivity index (χ1v) is 6.67. The van der Waals surface area contributed by atoms with E-state index in [4.69, 9.17) is 4.74 Å². The van der Waals surface area contributed by atoms with E-state index in [9.17, 15) is 27.5 Å². The summed E-state index contributed by atoms with van der Waals surface area (Å²) in [4.78, 5) is 13.0. The zero-order chi connectivity index (χ0) is 16.4. The van der Waals surface area contributed by atoms with Crippen LogP contribution in [0.15, 0.2) is 24.3 Å². The summed E-state index contributed by atoms with van der Waals surface area (Å²) in [7, 11) is 0. The van der Waals surface area contributed by atoms with Crippen LogP contribution in [0.4, 0.5) is 17.6 Å². The number of likely N-dealkylation sites (tertiary alicyclic amines) is 1. The molecule has 4 nitrogen and oxygen atoms in total. The van der Waals surface area contributed by atoms with Gasteiger partial charge < -0.3 is 14.7 Å². The van der Waals surface area contributed by atoms with Crippen LogP contribution in [0.25, 0.3) is 0 Å². The highest BCUT2D eigenvalue weighted by molar-refractivity contribution is 5.77.